The Bertz CT molecular complexity index is 247. The molecule has 0 amide bonds. The zero-order valence-electron chi connectivity index (χ0n) is 7.86. The first-order chi connectivity index (χ1) is 6.34. The van der Waals surface area contributed by atoms with Crippen LogP contribution >= 0.6 is 11.5 Å². The maximum absolute atomic E-state index is 4.13. The van der Waals surface area contributed by atoms with Crippen LogP contribution in [-0.2, 0) is 0 Å². The van der Waals surface area contributed by atoms with Crippen molar-refractivity contribution in [2.45, 2.75) is 38.6 Å². The Morgan fingerprint density at radius 1 is 1.54 bits per heavy atom. The standard InChI is InChI=1S/C9H15N3S/c1-7-3-2-4-8(5-7)12-9-10-6-11-13-9/h6-8H,2-5H2,1H3,(H,10,11,12). The smallest absolute Gasteiger partial charge is 0.202 e. The number of hydrogen-bond acceptors (Lipinski definition) is 4. The molecule has 1 aliphatic rings. The molecule has 72 valence electrons. The van der Waals surface area contributed by atoms with Crippen molar-refractivity contribution in [1.29, 1.82) is 0 Å². The Labute approximate surface area is 82.8 Å². The van der Waals surface area contributed by atoms with Crippen LogP contribution in [0.2, 0.25) is 0 Å². The van der Waals surface area contributed by atoms with Gasteiger partial charge in [-0.25, -0.2) is 4.98 Å². The van der Waals surface area contributed by atoms with E-state index in [1.165, 1.54) is 37.2 Å². The highest BCUT2D eigenvalue weighted by atomic mass is 32.1. The van der Waals surface area contributed by atoms with Gasteiger partial charge in [-0.3, -0.25) is 0 Å². The van der Waals surface area contributed by atoms with Crippen molar-refractivity contribution in [3.05, 3.63) is 6.33 Å². The van der Waals surface area contributed by atoms with Gasteiger partial charge >= 0.3 is 0 Å². The number of hydrogen-bond donors (Lipinski definition) is 1. The normalized spacial score (nSPS) is 28.7. The van der Waals surface area contributed by atoms with E-state index in [0.717, 1.165) is 11.0 Å². The van der Waals surface area contributed by atoms with E-state index in [1.54, 1.807) is 6.33 Å². The lowest BCUT2D eigenvalue weighted by Crippen LogP contribution is -2.25. The highest BCUT2D eigenvalue weighted by Gasteiger charge is 2.18. The van der Waals surface area contributed by atoms with Crippen LogP contribution in [0.25, 0.3) is 0 Å². The van der Waals surface area contributed by atoms with E-state index in [0.29, 0.717) is 6.04 Å². The first-order valence-electron chi connectivity index (χ1n) is 4.88. The molecule has 3 nitrogen and oxygen atoms in total. The molecule has 1 fully saturated rings. The van der Waals surface area contributed by atoms with Gasteiger partial charge in [-0.05, 0) is 18.8 Å². The Balaban J connectivity index is 1.87. The fourth-order valence-corrected chi connectivity index (χ4v) is 2.48. The summed E-state index contributed by atoms with van der Waals surface area (Å²) in [5, 5.41) is 4.41. The monoisotopic (exact) mass is 197 g/mol. The molecule has 4 heteroatoms. The molecule has 2 unspecified atom stereocenters. The van der Waals surface area contributed by atoms with Gasteiger partial charge in [-0.2, -0.15) is 4.37 Å². The molecular formula is C9H15N3S. The molecular weight excluding hydrogens is 182 g/mol. The van der Waals surface area contributed by atoms with Crippen LogP contribution in [0.15, 0.2) is 6.33 Å². The molecule has 0 spiro atoms. The van der Waals surface area contributed by atoms with E-state index >= 15 is 0 Å². The highest BCUT2D eigenvalue weighted by molar-refractivity contribution is 7.09. The molecule has 1 N–H and O–H groups in total. The lowest BCUT2D eigenvalue weighted by atomic mass is 9.87. The zero-order valence-corrected chi connectivity index (χ0v) is 8.68. The van der Waals surface area contributed by atoms with Crippen LogP contribution < -0.4 is 5.32 Å². The molecule has 13 heavy (non-hydrogen) atoms. The van der Waals surface area contributed by atoms with Crippen LogP contribution in [0, 0.1) is 5.92 Å². The fraction of sp³-hybridized carbons (Fsp3) is 0.778. The summed E-state index contributed by atoms with van der Waals surface area (Å²) in [4.78, 5) is 4.13. The summed E-state index contributed by atoms with van der Waals surface area (Å²) in [5.74, 6) is 0.860. The molecule has 1 aliphatic carbocycles. The average molecular weight is 197 g/mol. The third-order valence-electron chi connectivity index (χ3n) is 2.63. The maximum atomic E-state index is 4.13. The molecule has 2 rings (SSSR count). The number of aromatic nitrogens is 2. The van der Waals surface area contributed by atoms with Crippen LogP contribution in [0.4, 0.5) is 5.13 Å². The van der Waals surface area contributed by atoms with Crippen LogP contribution in [0.3, 0.4) is 0 Å². The average Bonchev–Trinajstić information content (AvgIpc) is 2.57. The zero-order chi connectivity index (χ0) is 9.10. The topological polar surface area (TPSA) is 37.8 Å². The van der Waals surface area contributed by atoms with Gasteiger partial charge in [0.25, 0.3) is 0 Å². The van der Waals surface area contributed by atoms with Gasteiger partial charge in [-0.15, -0.1) is 0 Å². The van der Waals surface area contributed by atoms with Crippen molar-refractivity contribution < 1.29 is 0 Å². The summed E-state index contributed by atoms with van der Waals surface area (Å²) in [5.41, 5.74) is 0. The largest absolute Gasteiger partial charge is 0.358 e. The lowest BCUT2D eigenvalue weighted by Gasteiger charge is -2.26. The molecule has 1 saturated carbocycles. The summed E-state index contributed by atoms with van der Waals surface area (Å²) >= 11 is 1.45. The maximum Gasteiger partial charge on any atom is 0.202 e. The van der Waals surface area contributed by atoms with Gasteiger partial charge in [0.1, 0.15) is 6.33 Å². The van der Waals surface area contributed by atoms with Crippen molar-refractivity contribution in [1.82, 2.24) is 9.36 Å². The Morgan fingerprint density at radius 3 is 3.15 bits per heavy atom. The van der Waals surface area contributed by atoms with Crippen molar-refractivity contribution in [2.75, 3.05) is 5.32 Å². The van der Waals surface area contributed by atoms with E-state index in [2.05, 4.69) is 21.6 Å². The number of nitrogens with one attached hydrogen (secondary N) is 1. The number of rotatable bonds is 2. The van der Waals surface area contributed by atoms with E-state index in [1.807, 2.05) is 0 Å². The Hall–Kier alpha value is -0.640. The first-order valence-corrected chi connectivity index (χ1v) is 5.65. The van der Waals surface area contributed by atoms with E-state index < -0.39 is 0 Å². The third-order valence-corrected chi connectivity index (χ3v) is 3.22. The van der Waals surface area contributed by atoms with Crippen LogP contribution in [-0.4, -0.2) is 15.4 Å². The van der Waals surface area contributed by atoms with E-state index in [4.69, 9.17) is 0 Å². The van der Waals surface area contributed by atoms with Crippen molar-refractivity contribution in [3.63, 3.8) is 0 Å². The van der Waals surface area contributed by atoms with Crippen LogP contribution in [0.5, 0.6) is 0 Å². The van der Waals surface area contributed by atoms with Crippen molar-refractivity contribution in [2.24, 2.45) is 5.92 Å². The minimum Gasteiger partial charge on any atom is -0.358 e. The Morgan fingerprint density at radius 2 is 2.46 bits per heavy atom. The Kier molecular flexibility index (Phi) is 2.78. The molecule has 1 aromatic heterocycles. The van der Waals surface area contributed by atoms with E-state index in [-0.39, 0.29) is 0 Å². The van der Waals surface area contributed by atoms with Crippen molar-refractivity contribution >= 4 is 16.7 Å². The minimum atomic E-state index is 0.622. The second-order valence-corrected chi connectivity index (χ2v) is 4.64. The molecule has 0 radical (unpaired) electrons. The van der Waals surface area contributed by atoms with Gasteiger partial charge in [0.05, 0.1) is 0 Å². The molecule has 0 aromatic carbocycles. The lowest BCUT2D eigenvalue weighted by molar-refractivity contribution is 0.358. The number of anilines is 1. The summed E-state index contributed by atoms with van der Waals surface area (Å²) < 4.78 is 3.97. The predicted octanol–water partition coefficient (Wildman–Crippen LogP) is 2.53. The predicted molar refractivity (Wildman–Crippen MR) is 55.0 cm³/mol. The molecule has 2 atom stereocenters. The van der Waals surface area contributed by atoms with Gasteiger partial charge in [0.2, 0.25) is 5.13 Å². The number of nitrogens with zero attached hydrogens (tertiary/aromatic N) is 2. The molecule has 0 bridgehead atoms. The second kappa shape index (κ2) is 4.05. The molecule has 0 saturated heterocycles. The second-order valence-electron chi connectivity index (χ2n) is 3.86. The van der Waals surface area contributed by atoms with Gasteiger partial charge in [-0.1, -0.05) is 19.8 Å². The molecule has 0 aliphatic heterocycles. The fourth-order valence-electron chi connectivity index (χ4n) is 1.98. The van der Waals surface area contributed by atoms with Gasteiger partial charge in [0.15, 0.2) is 0 Å². The first kappa shape index (κ1) is 8.94. The molecule has 1 aromatic rings. The summed E-state index contributed by atoms with van der Waals surface area (Å²) in [6, 6.07) is 0.622. The quantitative estimate of drug-likeness (QED) is 0.791. The van der Waals surface area contributed by atoms with Gasteiger partial charge < -0.3 is 5.32 Å². The SMILES string of the molecule is CC1CCCC(Nc2ncns2)C1. The summed E-state index contributed by atoms with van der Waals surface area (Å²) in [7, 11) is 0. The van der Waals surface area contributed by atoms with Gasteiger partial charge in [0, 0.05) is 17.6 Å². The summed E-state index contributed by atoms with van der Waals surface area (Å²) in [6.45, 7) is 2.33. The highest BCUT2D eigenvalue weighted by Crippen LogP contribution is 2.26. The van der Waals surface area contributed by atoms with E-state index in [9.17, 15) is 0 Å². The minimum absolute atomic E-state index is 0.622. The molecule has 1 heterocycles. The summed E-state index contributed by atoms with van der Waals surface area (Å²) in [6.07, 6.45) is 6.90. The third kappa shape index (κ3) is 2.40. The van der Waals surface area contributed by atoms with Crippen LogP contribution in [0.1, 0.15) is 32.6 Å². The van der Waals surface area contributed by atoms with Crippen molar-refractivity contribution in [3.8, 4) is 0 Å².